The van der Waals surface area contributed by atoms with Crippen LogP contribution >= 0.6 is 28.3 Å². The van der Waals surface area contributed by atoms with Gasteiger partial charge < -0.3 is 5.32 Å². The molecule has 22 heavy (non-hydrogen) atoms. The highest BCUT2D eigenvalue weighted by molar-refractivity contribution is 9.10. The van der Waals surface area contributed by atoms with Crippen molar-refractivity contribution in [2.45, 2.75) is 20.8 Å². The molecule has 3 rings (SSSR count). The summed E-state index contributed by atoms with van der Waals surface area (Å²) in [5, 5.41) is 4.60. The van der Waals surface area contributed by atoms with Gasteiger partial charge >= 0.3 is 0 Å². The molecule has 0 saturated carbocycles. The third-order valence-electron chi connectivity index (χ3n) is 3.57. The molecule has 2 nitrogen and oxygen atoms in total. The van der Waals surface area contributed by atoms with E-state index in [1.807, 2.05) is 24.3 Å². The third kappa shape index (κ3) is 3.42. The Bertz CT molecular complexity index is 813. The van der Waals surface area contributed by atoms with E-state index in [0.717, 1.165) is 21.5 Å². The summed E-state index contributed by atoms with van der Waals surface area (Å²) in [6.45, 7) is 6.38. The van der Waals surface area contributed by atoms with Gasteiger partial charge in [-0.3, -0.25) is 0 Å². The van der Waals surface area contributed by atoms with Gasteiger partial charge in [-0.15, -0.1) is 12.4 Å². The average Bonchev–Trinajstić information content (AvgIpc) is 2.43. The van der Waals surface area contributed by atoms with Crippen LogP contribution in [0.5, 0.6) is 0 Å². The number of anilines is 2. The van der Waals surface area contributed by atoms with Crippen LogP contribution in [0.2, 0.25) is 0 Å². The Morgan fingerprint density at radius 1 is 0.909 bits per heavy atom. The molecule has 3 aromatic rings. The summed E-state index contributed by atoms with van der Waals surface area (Å²) in [4.78, 5) is 4.77. The van der Waals surface area contributed by atoms with E-state index in [1.165, 1.54) is 22.1 Å². The maximum absolute atomic E-state index is 4.77. The first-order valence-corrected chi connectivity index (χ1v) is 7.73. The van der Waals surface area contributed by atoms with Gasteiger partial charge in [0.2, 0.25) is 0 Å². The molecule has 0 atom stereocenters. The minimum atomic E-state index is 0. The molecule has 0 saturated heterocycles. The predicted octanol–water partition coefficient (Wildman–Crippen LogP) is 6.09. The fourth-order valence-electron chi connectivity index (χ4n) is 2.59. The summed E-state index contributed by atoms with van der Waals surface area (Å²) in [7, 11) is 0. The van der Waals surface area contributed by atoms with Crippen LogP contribution in [-0.4, -0.2) is 4.98 Å². The van der Waals surface area contributed by atoms with Crippen LogP contribution in [0, 0.1) is 20.8 Å². The summed E-state index contributed by atoms with van der Waals surface area (Å²) in [5.74, 6) is 0.884. The lowest BCUT2D eigenvalue weighted by atomic mass is 10.0. The highest BCUT2D eigenvalue weighted by Crippen LogP contribution is 2.26. The highest BCUT2D eigenvalue weighted by atomic mass is 79.9. The fraction of sp³-hybridized carbons (Fsp3) is 0.167. The fourth-order valence-corrected chi connectivity index (χ4v) is 2.85. The van der Waals surface area contributed by atoms with Crippen LogP contribution in [0.3, 0.4) is 0 Å². The smallest absolute Gasteiger partial charge is 0.131 e. The molecule has 114 valence electrons. The lowest BCUT2D eigenvalue weighted by Gasteiger charge is -2.11. The number of aryl methyl sites for hydroxylation is 3. The van der Waals surface area contributed by atoms with Gasteiger partial charge in [0.15, 0.2) is 0 Å². The first-order chi connectivity index (χ1) is 10.0. The second-order valence-electron chi connectivity index (χ2n) is 5.43. The Hall–Kier alpha value is -1.58. The number of benzene rings is 2. The largest absolute Gasteiger partial charge is 0.340 e. The van der Waals surface area contributed by atoms with Crippen molar-refractivity contribution in [3.63, 3.8) is 0 Å². The summed E-state index contributed by atoms with van der Waals surface area (Å²) in [6.07, 6.45) is 0. The minimum absolute atomic E-state index is 0. The number of nitrogens with zero attached hydrogens (tertiary/aromatic N) is 1. The summed E-state index contributed by atoms with van der Waals surface area (Å²) < 4.78 is 1.07. The van der Waals surface area contributed by atoms with Crippen LogP contribution in [0.25, 0.3) is 10.9 Å². The van der Waals surface area contributed by atoms with Gasteiger partial charge in [-0.25, -0.2) is 4.98 Å². The maximum Gasteiger partial charge on any atom is 0.131 e. The molecule has 1 N–H and O–H groups in total. The van der Waals surface area contributed by atoms with E-state index < -0.39 is 0 Å². The maximum atomic E-state index is 4.77. The van der Waals surface area contributed by atoms with E-state index in [9.17, 15) is 0 Å². The molecule has 0 amide bonds. The summed E-state index contributed by atoms with van der Waals surface area (Å²) in [5.41, 5.74) is 5.84. The first-order valence-electron chi connectivity index (χ1n) is 6.94. The lowest BCUT2D eigenvalue weighted by Crippen LogP contribution is -1.97. The van der Waals surface area contributed by atoms with E-state index >= 15 is 0 Å². The molecular weight excluding hydrogens is 360 g/mol. The molecule has 0 bridgehead atoms. The highest BCUT2D eigenvalue weighted by Gasteiger charge is 2.06. The van der Waals surface area contributed by atoms with Crippen LogP contribution in [0.15, 0.2) is 46.9 Å². The van der Waals surface area contributed by atoms with Gasteiger partial charge in [0.25, 0.3) is 0 Å². The zero-order chi connectivity index (χ0) is 15.0. The van der Waals surface area contributed by atoms with E-state index in [0.29, 0.717) is 0 Å². The topological polar surface area (TPSA) is 24.9 Å². The number of hydrogen-bond donors (Lipinski definition) is 1. The molecule has 2 aromatic carbocycles. The molecule has 0 unspecified atom stereocenters. The molecule has 0 fully saturated rings. The van der Waals surface area contributed by atoms with Crippen molar-refractivity contribution in [2.75, 3.05) is 5.32 Å². The normalized spacial score (nSPS) is 10.4. The molecule has 4 heteroatoms. The monoisotopic (exact) mass is 376 g/mol. The van der Waals surface area contributed by atoms with Crippen molar-refractivity contribution < 1.29 is 0 Å². The van der Waals surface area contributed by atoms with Crippen molar-refractivity contribution in [1.82, 2.24) is 4.98 Å². The van der Waals surface area contributed by atoms with Gasteiger partial charge in [0, 0.05) is 15.5 Å². The number of aromatic nitrogens is 1. The zero-order valence-corrected chi connectivity index (χ0v) is 15.2. The Balaban J connectivity index is 0.00000176. The molecular formula is C18H18BrClN2. The molecule has 0 aliphatic rings. The van der Waals surface area contributed by atoms with E-state index in [1.54, 1.807) is 0 Å². The number of halogens is 2. The Morgan fingerprint density at radius 3 is 2.27 bits per heavy atom. The second-order valence-corrected chi connectivity index (χ2v) is 6.35. The van der Waals surface area contributed by atoms with Crippen molar-refractivity contribution in [2.24, 2.45) is 0 Å². The molecule has 0 aliphatic carbocycles. The van der Waals surface area contributed by atoms with Crippen LogP contribution in [0.1, 0.15) is 16.7 Å². The zero-order valence-electron chi connectivity index (χ0n) is 12.8. The third-order valence-corrected chi connectivity index (χ3v) is 4.10. The van der Waals surface area contributed by atoms with Gasteiger partial charge in [0.05, 0.1) is 5.52 Å². The van der Waals surface area contributed by atoms with Gasteiger partial charge in [-0.05, 0) is 68.3 Å². The standard InChI is InChI=1S/C18H17BrN2.ClH/c1-11-8-13(3)18-16(9-11)12(2)10-17(21-18)20-15-6-4-14(19)5-7-15;/h4-10H,1-3H3,(H,20,21);1H. The first kappa shape index (κ1) is 16.8. The molecule has 1 aromatic heterocycles. The van der Waals surface area contributed by atoms with Crippen molar-refractivity contribution in [3.05, 3.63) is 63.6 Å². The Kier molecular flexibility index (Phi) is 5.09. The molecule has 0 spiro atoms. The number of pyridine rings is 1. The van der Waals surface area contributed by atoms with Crippen molar-refractivity contribution in [1.29, 1.82) is 0 Å². The molecule has 1 heterocycles. The van der Waals surface area contributed by atoms with Gasteiger partial charge in [-0.2, -0.15) is 0 Å². The second kappa shape index (κ2) is 6.67. The van der Waals surface area contributed by atoms with E-state index in [2.05, 4.69) is 60.2 Å². The van der Waals surface area contributed by atoms with Crippen LogP contribution < -0.4 is 5.32 Å². The van der Waals surface area contributed by atoms with Crippen LogP contribution in [0.4, 0.5) is 11.5 Å². The average molecular weight is 378 g/mol. The number of fused-ring (bicyclic) bond motifs is 1. The number of nitrogens with one attached hydrogen (secondary N) is 1. The number of rotatable bonds is 2. The molecule has 0 aliphatic heterocycles. The lowest BCUT2D eigenvalue weighted by molar-refractivity contribution is 1.30. The van der Waals surface area contributed by atoms with Gasteiger partial charge in [0.1, 0.15) is 5.82 Å². The SMILES string of the molecule is Cc1cc(C)c2nc(Nc3ccc(Br)cc3)cc(C)c2c1.Cl. The van der Waals surface area contributed by atoms with E-state index in [4.69, 9.17) is 4.98 Å². The van der Waals surface area contributed by atoms with Crippen molar-refractivity contribution in [3.8, 4) is 0 Å². The van der Waals surface area contributed by atoms with Gasteiger partial charge in [-0.1, -0.05) is 27.6 Å². The molecule has 0 radical (unpaired) electrons. The number of hydrogen-bond acceptors (Lipinski definition) is 2. The summed E-state index contributed by atoms with van der Waals surface area (Å²) in [6, 6.07) is 14.6. The summed E-state index contributed by atoms with van der Waals surface area (Å²) >= 11 is 3.45. The minimum Gasteiger partial charge on any atom is -0.340 e. The van der Waals surface area contributed by atoms with E-state index in [-0.39, 0.29) is 12.4 Å². The van der Waals surface area contributed by atoms with Crippen LogP contribution in [-0.2, 0) is 0 Å². The quantitative estimate of drug-likeness (QED) is 0.584. The Morgan fingerprint density at radius 2 is 1.59 bits per heavy atom. The van der Waals surface area contributed by atoms with Crippen molar-refractivity contribution >= 4 is 50.7 Å². The predicted molar refractivity (Wildman–Crippen MR) is 101 cm³/mol. The Labute approximate surface area is 145 Å².